The number of hydrogen-bond acceptors (Lipinski definition) is 3. The normalized spacial score (nSPS) is 13.3. The van der Waals surface area contributed by atoms with Crippen molar-refractivity contribution in [3.63, 3.8) is 0 Å². The smallest absolute Gasteiger partial charge is 0.125 e. The van der Waals surface area contributed by atoms with Crippen LogP contribution >= 0.6 is 0 Å². The number of aryl methyl sites for hydroxylation is 1. The summed E-state index contributed by atoms with van der Waals surface area (Å²) >= 11 is 0. The molecule has 0 spiro atoms. The van der Waals surface area contributed by atoms with Gasteiger partial charge in [0.15, 0.2) is 0 Å². The van der Waals surface area contributed by atoms with Gasteiger partial charge in [0.05, 0.1) is 6.04 Å². The van der Waals surface area contributed by atoms with Crippen LogP contribution in [0.25, 0.3) is 0 Å². The van der Waals surface area contributed by atoms with E-state index in [0.29, 0.717) is 6.04 Å². The van der Waals surface area contributed by atoms with Crippen LogP contribution < -0.4 is 5.32 Å². The van der Waals surface area contributed by atoms with Gasteiger partial charge in [-0.05, 0) is 20.0 Å². The molecule has 16 heavy (non-hydrogen) atoms. The molecule has 0 fully saturated rings. The zero-order valence-corrected chi connectivity index (χ0v) is 10.9. The number of nitrogens with zero attached hydrogens (tertiary/aromatic N) is 3. The lowest BCUT2D eigenvalue weighted by Gasteiger charge is -2.20. The second kappa shape index (κ2) is 6.66. The summed E-state index contributed by atoms with van der Waals surface area (Å²) in [4.78, 5) is 6.76. The largest absolute Gasteiger partial charge is 0.337 e. The SMILES string of the molecule is CCN(CC)CCNC(C)c1nccn1C. The molecule has 1 N–H and O–H groups in total. The van der Waals surface area contributed by atoms with Crippen molar-refractivity contribution in [2.24, 2.45) is 7.05 Å². The monoisotopic (exact) mass is 224 g/mol. The predicted molar refractivity (Wildman–Crippen MR) is 67.4 cm³/mol. The van der Waals surface area contributed by atoms with Gasteiger partial charge in [0.25, 0.3) is 0 Å². The van der Waals surface area contributed by atoms with E-state index in [9.17, 15) is 0 Å². The van der Waals surface area contributed by atoms with E-state index < -0.39 is 0 Å². The summed E-state index contributed by atoms with van der Waals surface area (Å²) in [5, 5.41) is 3.50. The third kappa shape index (κ3) is 3.61. The summed E-state index contributed by atoms with van der Waals surface area (Å²) in [6, 6.07) is 0.315. The predicted octanol–water partition coefficient (Wildman–Crippen LogP) is 1.41. The molecule has 4 heteroatoms. The molecular formula is C12H24N4. The minimum absolute atomic E-state index is 0.315. The summed E-state index contributed by atoms with van der Waals surface area (Å²) in [5.41, 5.74) is 0. The molecule has 1 heterocycles. The lowest BCUT2D eigenvalue weighted by Crippen LogP contribution is -2.33. The van der Waals surface area contributed by atoms with Crippen LogP contribution in [-0.4, -0.2) is 40.6 Å². The first kappa shape index (κ1) is 13.2. The minimum atomic E-state index is 0.315. The number of hydrogen-bond donors (Lipinski definition) is 1. The summed E-state index contributed by atoms with van der Waals surface area (Å²) in [6.07, 6.45) is 3.83. The Kier molecular flexibility index (Phi) is 5.49. The summed E-state index contributed by atoms with van der Waals surface area (Å²) < 4.78 is 2.06. The Bertz CT molecular complexity index is 291. The van der Waals surface area contributed by atoms with Gasteiger partial charge >= 0.3 is 0 Å². The standard InChI is InChI=1S/C12H24N4/c1-5-16(6-2)10-8-13-11(3)12-14-7-9-15(12)4/h7,9,11,13H,5-6,8,10H2,1-4H3. The van der Waals surface area contributed by atoms with E-state index in [1.54, 1.807) is 0 Å². The quantitative estimate of drug-likeness (QED) is 0.760. The van der Waals surface area contributed by atoms with Crippen LogP contribution in [0.4, 0.5) is 0 Å². The molecule has 0 saturated carbocycles. The molecule has 0 bridgehead atoms. The summed E-state index contributed by atoms with van der Waals surface area (Å²) in [7, 11) is 2.03. The van der Waals surface area contributed by atoms with Crippen molar-refractivity contribution >= 4 is 0 Å². The molecule has 0 aliphatic rings. The Hall–Kier alpha value is -0.870. The van der Waals surface area contributed by atoms with E-state index >= 15 is 0 Å². The molecule has 1 aromatic rings. The van der Waals surface area contributed by atoms with Gasteiger partial charge in [-0.25, -0.2) is 4.98 Å². The third-order valence-electron chi connectivity index (χ3n) is 3.02. The maximum Gasteiger partial charge on any atom is 0.125 e. The number of nitrogens with one attached hydrogen (secondary N) is 1. The van der Waals surface area contributed by atoms with Crippen LogP contribution in [0.5, 0.6) is 0 Å². The van der Waals surface area contributed by atoms with Crippen LogP contribution in [0.15, 0.2) is 12.4 Å². The topological polar surface area (TPSA) is 33.1 Å². The number of likely N-dealkylation sites (N-methyl/N-ethyl adjacent to an activating group) is 1. The lowest BCUT2D eigenvalue weighted by atomic mass is 10.3. The lowest BCUT2D eigenvalue weighted by molar-refractivity contribution is 0.296. The van der Waals surface area contributed by atoms with Gasteiger partial charge in [0.2, 0.25) is 0 Å². The van der Waals surface area contributed by atoms with Crippen LogP contribution in [0.3, 0.4) is 0 Å². The molecule has 0 saturated heterocycles. The highest BCUT2D eigenvalue weighted by molar-refractivity contribution is 4.96. The van der Waals surface area contributed by atoms with Crippen LogP contribution in [0, 0.1) is 0 Å². The summed E-state index contributed by atoms with van der Waals surface area (Å²) in [6.45, 7) is 10.9. The van der Waals surface area contributed by atoms with E-state index in [0.717, 1.165) is 32.0 Å². The van der Waals surface area contributed by atoms with E-state index in [-0.39, 0.29) is 0 Å². The van der Waals surface area contributed by atoms with Crippen molar-refractivity contribution < 1.29 is 0 Å². The van der Waals surface area contributed by atoms with Gasteiger partial charge in [-0.3, -0.25) is 0 Å². The molecular weight excluding hydrogens is 200 g/mol. The molecule has 4 nitrogen and oxygen atoms in total. The Morgan fingerprint density at radius 3 is 2.62 bits per heavy atom. The summed E-state index contributed by atoms with van der Waals surface area (Å²) in [5.74, 6) is 1.10. The van der Waals surface area contributed by atoms with E-state index in [2.05, 4.69) is 40.5 Å². The number of imidazole rings is 1. The van der Waals surface area contributed by atoms with Crippen molar-refractivity contribution in [2.75, 3.05) is 26.2 Å². The van der Waals surface area contributed by atoms with E-state index in [1.807, 2.05) is 19.4 Å². The van der Waals surface area contributed by atoms with Gasteiger partial charge in [-0.15, -0.1) is 0 Å². The number of aromatic nitrogens is 2. The fourth-order valence-electron chi connectivity index (χ4n) is 1.86. The average Bonchev–Trinajstić information content (AvgIpc) is 2.70. The molecule has 0 aromatic carbocycles. The van der Waals surface area contributed by atoms with Gasteiger partial charge in [0.1, 0.15) is 5.82 Å². The zero-order chi connectivity index (χ0) is 12.0. The minimum Gasteiger partial charge on any atom is -0.337 e. The molecule has 1 rings (SSSR count). The first-order chi connectivity index (χ1) is 7.69. The van der Waals surface area contributed by atoms with Crippen LogP contribution in [-0.2, 0) is 7.05 Å². The van der Waals surface area contributed by atoms with E-state index in [1.165, 1.54) is 0 Å². The first-order valence-corrected chi connectivity index (χ1v) is 6.12. The second-order valence-electron chi connectivity index (χ2n) is 4.10. The highest BCUT2D eigenvalue weighted by Gasteiger charge is 2.09. The zero-order valence-electron chi connectivity index (χ0n) is 10.9. The van der Waals surface area contributed by atoms with Crippen LogP contribution in [0.2, 0.25) is 0 Å². The second-order valence-corrected chi connectivity index (χ2v) is 4.10. The van der Waals surface area contributed by atoms with Crippen LogP contribution in [0.1, 0.15) is 32.6 Å². The first-order valence-electron chi connectivity index (χ1n) is 6.12. The maximum atomic E-state index is 4.34. The van der Waals surface area contributed by atoms with E-state index in [4.69, 9.17) is 0 Å². The van der Waals surface area contributed by atoms with Gasteiger partial charge in [0, 0.05) is 32.5 Å². The average molecular weight is 224 g/mol. The fourth-order valence-corrected chi connectivity index (χ4v) is 1.86. The molecule has 0 amide bonds. The van der Waals surface area contributed by atoms with Gasteiger partial charge in [-0.1, -0.05) is 13.8 Å². The fraction of sp³-hybridized carbons (Fsp3) is 0.750. The van der Waals surface area contributed by atoms with Gasteiger partial charge in [-0.2, -0.15) is 0 Å². The molecule has 0 aliphatic heterocycles. The molecule has 1 aromatic heterocycles. The third-order valence-corrected chi connectivity index (χ3v) is 3.02. The molecule has 0 radical (unpaired) electrons. The van der Waals surface area contributed by atoms with Crippen molar-refractivity contribution in [1.29, 1.82) is 0 Å². The van der Waals surface area contributed by atoms with Crippen molar-refractivity contribution in [2.45, 2.75) is 26.8 Å². The maximum absolute atomic E-state index is 4.34. The Morgan fingerprint density at radius 1 is 1.44 bits per heavy atom. The Labute approximate surface area is 98.7 Å². The van der Waals surface area contributed by atoms with Crippen molar-refractivity contribution in [3.05, 3.63) is 18.2 Å². The van der Waals surface area contributed by atoms with Crippen molar-refractivity contribution in [1.82, 2.24) is 19.8 Å². The Morgan fingerprint density at radius 2 is 2.12 bits per heavy atom. The Balaban J connectivity index is 2.30. The molecule has 0 aliphatic carbocycles. The molecule has 1 atom stereocenters. The van der Waals surface area contributed by atoms with Gasteiger partial charge < -0.3 is 14.8 Å². The highest BCUT2D eigenvalue weighted by atomic mass is 15.1. The molecule has 92 valence electrons. The van der Waals surface area contributed by atoms with Crippen molar-refractivity contribution in [3.8, 4) is 0 Å². The highest BCUT2D eigenvalue weighted by Crippen LogP contribution is 2.07. The molecule has 1 unspecified atom stereocenters. The number of rotatable bonds is 7.